The van der Waals surface area contributed by atoms with Crippen molar-refractivity contribution < 1.29 is 9.47 Å². The van der Waals surface area contributed by atoms with Crippen molar-refractivity contribution in [3.63, 3.8) is 0 Å². The van der Waals surface area contributed by atoms with E-state index in [4.69, 9.17) is 15.2 Å². The van der Waals surface area contributed by atoms with E-state index in [0.717, 1.165) is 55.5 Å². The second-order valence-electron chi connectivity index (χ2n) is 10.0. The maximum absolute atomic E-state index is 6.54. The first-order valence-corrected chi connectivity index (χ1v) is 13.2. The van der Waals surface area contributed by atoms with E-state index in [-0.39, 0.29) is 12.3 Å². The molecular formula is C30H39N5O2. The predicted molar refractivity (Wildman–Crippen MR) is 153 cm³/mol. The van der Waals surface area contributed by atoms with Crippen LogP contribution in [0.1, 0.15) is 42.8 Å². The second-order valence-corrected chi connectivity index (χ2v) is 10.0. The van der Waals surface area contributed by atoms with Crippen LogP contribution in [0.3, 0.4) is 0 Å². The average molecular weight is 502 g/mol. The standard InChI is InChI=1S/C30H39N5O2/c1-5-37-26-10-6-22(7-11-26)21(2)32-29-13-9-25(19-28(29)31)35-20-23-18-24(8-12-27(23)30(35)36-4)34-16-14-33(3)15-17-34/h6-13,18-19,21,30,32H,5,14-17,20,31H2,1-4H3. The molecule has 0 aromatic heterocycles. The molecule has 3 N–H and O–H groups in total. The number of hydrogen-bond donors (Lipinski definition) is 2. The summed E-state index contributed by atoms with van der Waals surface area (Å²) < 4.78 is 11.5. The lowest BCUT2D eigenvalue weighted by Gasteiger charge is -2.34. The quantitative estimate of drug-likeness (QED) is 0.408. The van der Waals surface area contributed by atoms with Gasteiger partial charge in [-0.3, -0.25) is 0 Å². The Labute approximate surface area is 220 Å². The molecule has 2 atom stereocenters. The number of nitrogen functional groups attached to an aromatic ring is 1. The molecule has 3 aromatic rings. The number of methoxy groups -OCH3 is 1. The number of likely N-dealkylation sites (N-methyl/N-ethyl adjacent to an activating group) is 1. The number of rotatable bonds is 8. The molecule has 37 heavy (non-hydrogen) atoms. The van der Waals surface area contributed by atoms with E-state index < -0.39 is 0 Å². The highest BCUT2D eigenvalue weighted by atomic mass is 16.5. The van der Waals surface area contributed by atoms with E-state index >= 15 is 0 Å². The fraction of sp³-hybridized carbons (Fsp3) is 0.400. The Kier molecular flexibility index (Phi) is 7.44. The molecule has 0 aliphatic carbocycles. The Bertz CT molecular complexity index is 1210. The lowest BCUT2D eigenvalue weighted by molar-refractivity contribution is 0.107. The average Bonchev–Trinajstić information content (AvgIpc) is 3.28. The first kappa shape index (κ1) is 25.2. The third-order valence-corrected chi connectivity index (χ3v) is 7.54. The van der Waals surface area contributed by atoms with Crippen LogP contribution in [0.5, 0.6) is 5.75 Å². The van der Waals surface area contributed by atoms with Crippen molar-refractivity contribution in [1.82, 2.24) is 4.90 Å². The monoisotopic (exact) mass is 501 g/mol. The van der Waals surface area contributed by atoms with Crippen molar-refractivity contribution in [2.45, 2.75) is 32.7 Å². The van der Waals surface area contributed by atoms with E-state index in [9.17, 15) is 0 Å². The lowest BCUT2D eigenvalue weighted by atomic mass is 10.1. The Balaban J connectivity index is 1.30. The first-order chi connectivity index (χ1) is 18.0. The maximum atomic E-state index is 6.54. The molecule has 7 nitrogen and oxygen atoms in total. The molecule has 3 aromatic carbocycles. The number of piperazine rings is 1. The summed E-state index contributed by atoms with van der Waals surface area (Å²) in [6.45, 7) is 9.91. The number of nitrogens with one attached hydrogen (secondary N) is 1. The molecule has 196 valence electrons. The van der Waals surface area contributed by atoms with Gasteiger partial charge in [0, 0.05) is 62.8 Å². The number of benzene rings is 3. The van der Waals surface area contributed by atoms with Gasteiger partial charge in [-0.2, -0.15) is 0 Å². The molecule has 0 saturated carbocycles. The summed E-state index contributed by atoms with van der Waals surface area (Å²) in [4.78, 5) is 7.15. The molecule has 0 radical (unpaired) electrons. The van der Waals surface area contributed by atoms with Crippen molar-refractivity contribution in [3.05, 3.63) is 77.4 Å². The van der Waals surface area contributed by atoms with Gasteiger partial charge < -0.3 is 35.2 Å². The van der Waals surface area contributed by atoms with Gasteiger partial charge in [0.15, 0.2) is 6.23 Å². The van der Waals surface area contributed by atoms with Gasteiger partial charge in [-0.25, -0.2) is 0 Å². The van der Waals surface area contributed by atoms with Gasteiger partial charge in [-0.15, -0.1) is 0 Å². The maximum Gasteiger partial charge on any atom is 0.156 e. The van der Waals surface area contributed by atoms with Gasteiger partial charge in [0.05, 0.1) is 18.0 Å². The normalized spacial score (nSPS) is 18.5. The SMILES string of the molecule is CCOc1ccc(C(C)Nc2ccc(N3Cc4cc(N5CCN(C)CC5)ccc4C3OC)cc2N)cc1. The number of hydrogen-bond acceptors (Lipinski definition) is 7. The predicted octanol–water partition coefficient (Wildman–Crippen LogP) is 5.26. The van der Waals surface area contributed by atoms with Crippen LogP contribution < -0.4 is 25.6 Å². The number of fused-ring (bicyclic) bond motifs is 1. The van der Waals surface area contributed by atoms with Crippen molar-refractivity contribution in [2.75, 3.05) is 67.8 Å². The molecule has 0 spiro atoms. The summed E-state index contributed by atoms with van der Waals surface area (Å²) in [7, 11) is 3.97. The highest BCUT2D eigenvalue weighted by Crippen LogP contribution is 2.41. The zero-order valence-electron chi connectivity index (χ0n) is 22.4. The van der Waals surface area contributed by atoms with Crippen LogP contribution in [0.4, 0.5) is 22.7 Å². The molecule has 0 amide bonds. The highest BCUT2D eigenvalue weighted by molar-refractivity contribution is 5.73. The number of anilines is 4. The molecule has 2 aliphatic rings. The zero-order valence-corrected chi connectivity index (χ0v) is 22.4. The van der Waals surface area contributed by atoms with Crippen LogP contribution >= 0.6 is 0 Å². The van der Waals surface area contributed by atoms with Crippen LogP contribution in [-0.4, -0.2) is 51.8 Å². The second kappa shape index (κ2) is 10.9. The topological polar surface area (TPSA) is 66.2 Å². The zero-order chi connectivity index (χ0) is 25.9. The van der Waals surface area contributed by atoms with E-state index in [1.807, 2.05) is 25.1 Å². The molecule has 1 saturated heterocycles. The Morgan fingerprint density at radius 1 is 0.973 bits per heavy atom. The number of nitrogens with two attached hydrogens (primary N) is 1. The van der Waals surface area contributed by atoms with E-state index in [0.29, 0.717) is 6.61 Å². The summed E-state index contributed by atoms with van der Waals surface area (Å²) in [6, 6.07) is 21.4. The fourth-order valence-electron chi connectivity index (χ4n) is 5.34. The summed E-state index contributed by atoms with van der Waals surface area (Å²) in [6.07, 6.45) is -0.127. The van der Waals surface area contributed by atoms with Crippen molar-refractivity contribution >= 4 is 22.7 Å². The van der Waals surface area contributed by atoms with Crippen molar-refractivity contribution in [2.24, 2.45) is 0 Å². The molecule has 7 heteroatoms. The van der Waals surface area contributed by atoms with Crippen molar-refractivity contribution in [1.29, 1.82) is 0 Å². The minimum Gasteiger partial charge on any atom is -0.494 e. The smallest absolute Gasteiger partial charge is 0.156 e. The summed E-state index contributed by atoms with van der Waals surface area (Å²) in [5.74, 6) is 0.886. The van der Waals surface area contributed by atoms with Gasteiger partial charge in [-0.1, -0.05) is 18.2 Å². The van der Waals surface area contributed by atoms with Crippen LogP contribution in [0.2, 0.25) is 0 Å². The van der Waals surface area contributed by atoms with Gasteiger partial charge in [-0.05, 0) is 74.5 Å². The van der Waals surface area contributed by atoms with Crippen molar-refractivity contribution in [3.8, 4) is 5.75 Å². The van der Waals surface area contributed by atoms with Crippen LogP contribution in [0.25, 0.3) is 0 Å². The van der Waals surface area contributed by atoms with Gasteiger partial charge in [0.25, 0.3) is 0 Å². The van der Waals surface area contributed by atoms with Crippen LogP contribution in [-0.2, 0) is 11.3 Å². The molecular weight excluding hydrogens is 462 g/mol. The van der Waals surface area contributed by atoms with Gasteiger partial charge >= 0.3 is 0 Å². The van der Waals surface area contributed by atoms with E-state index in [1.54, 1.807) is 7.11 Å². The third-order valence-electron chi connectivity index (χ3n) is 7.54. The molecule has 2 aliphatic heterocycles. The Morgan fingerprint density at radius 3 is 2.38 bits per heavy atom. The van der Waals surface area contributed by atoms with Gasteiger partial charge in [0.2, 0.25) is 0 Å². The lowest BCUT2D eigenvalue weighted by Crippen LogP contribution is -2.44. The molecule has 0 bridgehead atoms. The van der Waals surface area contributed by atoms with Crippen LogP contribution in [0, 0.1) is 0 Å². The van der Waals surface area contributed by atoms with E-state index in [1.165, 1.54) is 22.4 Å². The Hall–Kier alpha value is -3.42. The minimum atomic E-state index is -0.127. The largest absolute Gasteiger partial charge is 0.494 e. The number of ether oxygens (including phenoxy) is 2. The Morgan fingerprint density at radius 2 is 1.70 bits per heavy atom. The molecule has 2 unspecified atom stereocenters. The van der Waals surface area contributed by atoms with Gasteiger partial charge in [0.1, 0.15) is 5.75 Å². The summed E-state index contributed by atoms with van der Waals surface area (Å²) in [5, 5.41) is 3.56. The molecule has 2 heterocycles. The minimum absolute atomic E-state index is 0.111. The van der Waals surface area contributed by atoms with Crippen LogP contribution in [0.15, 0.2) is 60.7 Å². The molecule has 1 fully saturated rings. The summed E-state index contributed by atoms with van der Waals surface area (Å²) >= 11 is 0. The highest BCUT2D eigenvalue weighted by Gasteiger charge is 2.31. The summed E-state index contributed by atoms with van der Waals surface area (Å²) in [5.41, 5.74) is 14.3. The third kappa shape index (κ3) is 5.33. The molecule has 5 rings (SSSR count). The first-order valence-electron chi connectivity index (χ1n) is 13.2. The number of nitrogens with zero attached hydrogens (tertiary/aromatic N) is 3. The fourth-order valence-corrected chi connectivity index (χ4v) is 5.34. The van der Waals surface area contributed by atoms with E-state index in [2.05, 4.69) is 76.5 Å².